The molecule has 106 valence electrons. The molecule has 1 aliphatic heterocycles. The van der Waals surface area contributed by atoms with Crippen LogP contribution in [-0.2, 0) is 23.0 Å². The molecular weight excluding hydrogens is 332 g/mol. The van der Waals surface area contributed by atoms with Crippen molar-refractivity contribution >= 4 is 26.0 Å². The summed E-state index contributed by atoms with van der Waals surface area (Å²) in [5.41, 5.74) is 7.34. The second kappa shape index (κ2) is 5.78. The van der Waals surface area contributed by atoms with Crippen LogP contribution >= 0.6 is 15.9 Å². The molecule has 0 spiro atoms. The number of halogens is 1. The van der Waals surface area contributed by atoms with Gasteiger partial charge in [0.25, 0.3) is 0 Å². The molecule has 5 nitrogen and oxygen atoms in total. The molecule has 1 aliphatic rings. The third-order valence-electron chi connectivity index (χ3n) is 3.15. The Balaban J connectivity index is 2.17. The van der Waals surface area contributed by atoms with Crippen LogP contribution in [0.4, 0.5) is 0 Å². The monoisotopic (exact) mass is 348 g/mol. The van der Waals surface area contributed by atoms with Gasteiger partial charge in [-0.05, 0) is 24.6 Å². The molecule has 1 unspecified atom stereocenters. The maximum atomic E-state index is 11.9. The Kier molecular flexibility index (Phi) is 4.50. The lowest BCUT2D eigenvalue weighted by atomic mass is 10.1. The number of benzene rings is 1. The number of nitrogens with one attached hydrogen (secondary N) is 1. The Morgan fingerprint density at radius 3 is 2.95 bits per heavy atom. The van der Waals surface area contributed by atoms with E-state index in [-0.39, 0.29) is 13.1 Å². The molecule has 1 aromatic carbocycles. The van der Waals surface area contributed by atoms with Gasteiger partial charge in [-0.3, -0.25) is 0 Å². The lowest BCUT2D eigenvalue weighted by Crippen LogP contribution is -2.36. The highest BCUT2D eigenvalue weighted by atomic mass is 79.9. The van der Waals surface area contributed by atoms with Crippen LogP contribution in [0.2, 0.25) is 0 Å². The summed E-state index contributed by atoms with van der Waals surface area (Å²) in [5, 5.41) is -0.603. The first-order chi connectivity index (χ1) is 8.94. The van der Waals surface area contributed by atoms with Gasteiger partial charge in [0.15, 0.2) is 0 Å². The quantitative estimate of drug-likeness (QED) is 0.836. The molecule has 1 aromatic rings. The van der Waals surface area contributed by atoms with Crippen LogP contribution in [0.5, 0.6) is 5.75 Å². The zero-order valence-electron chi connectivity index (χ0n) is 10.6. The summed E-state index contributed by atoms with van der Waals surface area (Å²) in [4.78, 5) is 0. The van der Waals surface area contributed by atoms with Gasteiger partial charge in [0.1, 0.15) is 5.75 Å². The van der Waals surface area contributed by atoms with Crippen LogP contribution in [0.3, 0.4) is 0 Å². The number of fused-ring (bicyclic) bond motifs is 1. The van der Waals surface area contributed by atoms with E-state index in [2.05, 4.69) is 20.7 Å². The predicted molar refractivity (Wildman–Crippen MR) is 77.6 cm³/mol. The van der Waals surface area contributed by atoms with E-state index in [1.807, 2.05) is 12.1 Å². The van der Waals surface area contributed by atoms with Gasteiger partial charge in [-0.25, -0.2) is 13.1 Å². The topological polar surface area (TPSA) is 81.4 Å². The van der Waals surface area contributed by atoms with E-state index in [0.717, 1.165) is 27.8 Å². The number of rotatable bonds is 5. The van der Waals surface area contributed by atoms with Crippen LogP contribution < -0.4 is 15.2 Å². The fourth-order valence-electron chi connectivity index (χ4n) is 1.92. The van der Waals surface area contributed by atoms with E-state index < -0.39 is 15.3 Å². The molecule has 2 rings (SSSR count). The van der Waals surface area contributed by atoms with Gasteiger partial charge < -0.3 is 10.5 Å². The molecule has 19 heavy (non-hydrogen) atoms. The van der Waals surface area contributed by atoms with Crippen molar-refractivity contribution in [1.29, 1.82) is 0 Å². The molecule has 0 aromatic heterocycles. The van der Waals surface area contributed by atoms with Gasteiger partial charge in [0.05, 0.1) is 11.9 Å². The van der Waals surface area contributed by atoms with Crippen molar-refractivity contribution in [2.45, 2.75) is 25.1 Å². The van der Waals surface area contributed by atoms with Crippen LogP contribution in [0.15, 0.2) is 16.6 Å². The first-order valence-electron chi connectivity index (χ1n) is 6.06. The smallest absolute Gasteiger partial charge is 0.215 e. The van der Waals surface area contributed by atoms with Crippen LogP contribution in [0.1, 0.15) is 18.1 Å². The summed E-state index contributed by atoms with van der Waals surface area (Å²) in [6, 6.07) is 3.88. The number of nitrogens with two attached hydrogens (primary N) is 1. The Morgan fingerprint density at radius 1 is 1.53 bits per heavy atom. The second-order valence-electron chi connectivity index (χ2n) is 4.56. The van der Waals surface area contributed by atoms with Gasteiger partial charge >= 0.3 is 0 Å². The first-order valence-corrected chi connectivity index (χ1v) is 8.40. The summed E-state index contributed by atoms with van der Waals surface area (Å²) < 4.78 is 32.8. The minimum Gasteiger partial charge on any atom is -0.493 e. The van der Waals surface area contributed by atoms with Crippen LogP contribution in [-0.4, -0.2) is 26.8 Å². The van der Waals surface area contributed by atoms with E-state index in [0.29, 0.717) is 6.61 Å². The third kappa shape index (κ3) is 3.28. The summed E-state index contributed by atoms with van der Waals surface area (Å²) in [5.74, 6) is 0.798. The minimum absolute atomic E-state index is 0.0996. The van der Waals surface area contributed by atoms with E-state index in [9.17, 15) is 8.42 Å². The van der Waals surface area contributed by atoms with Gasteiger partial charge in [-0.2, -0.15) is 0 Å². The van der Waals surface area contributed by atoms with Gasteiger partial charge in [-0.15, -0.1) is 0 Å². The summed E-state index contributed by atoms with van der Waals surface area (Å²) in [7, 11) is -3.38. The molecular formula is C12H17BrN2O3S. The van der Waals surface area contributed by atoms with E-state index in [1.54, 1.807) is 6.92 Å². The number of ether oxygens (including phenoxy) is 1. The largest absolute Gasteiger partial charge is 0.493 e. The standard InChI is InChI=1S/C12H17BrN2O3S/c1-8(6-14)19(16,17)15-7-10-5-11(13)4-9-2-3-18-12(9)10/h4-5,8,15H,2-3,6-7,14H2,1H3. The van der Waals surface area contributed by atoms with Crippen molar-refractivity contribution < 1.29 is 13.2 Å². The zero-order valence-corrected chi connectivity index (χ0v) is 13.1. The molecule has 0 radical (unpaired) electrons. The summed E-state index contributed by atoms with van der Waals surface area (Å²) >= 11 is 3.43. The van der Waals surface area contributed by atoms with Crippen LogP contribution in [0.25, 0.3) is 0 Å². The van der Waals surface area contributed by atoms with Gasteiger partial charge in [0, 0.05) is 29.5 Å². The normalized spacial score (nSPS) is 15.9. The van der Waals surface area contributed by atoms with Crippen LogP contribution in [0, 0.1) is 0 Å². The SMILES string of the molecule is CC(CN)S(=O)(=O)NCc1cc(Br)cc2c1OCC2. The number of hydrogen-bond acceptors (Lipinski definition) is 4. The van der Waals surface area contributed by atoms with E-state index >= 15 is 0 Å². The van der Waals surface area contributed by atoms with Crippen molar-refractivity contribution in [1.82, 2.24) is 4.72 Å². The molecule has 0 bridgehead atoms. The Bertz CT molecular complexity index is 575. The molecule has 0 amide bonds. The lowest BCUT2D eigenvalue weighted by molar-refractivity contribution is 0.353. The molecule has 0 fully saturated rings. The highest BCUT2D eigenvalue weighted by Crippen LogP contribution is 2.32. The minimum atomic E-state index is -3.38. The molecule has 7 heteroatoms. The van der Waals surface area contributed by atoms with Gasteiger partial charge in [0.2, 0.25) is 10.0 Å². The molecule has 0 aliphatic carbocycles. The Morgan fingerprint density at radius 2 is 2.26 bits per heavy atom. The first kappa shape index (κ1) is 14.8. The number of sulfonamides is 1. The average Bonchev–Trinajstić information content (AvgIpc) is 2.82. The van der Waals surface area contributed by atoms with E-state index in [1.165, 1.54) is 0 Å². The van der Waals surface area contributed by atoms with Gasteiger partial charge in [-0.1, -0.05) is 15.9 Å². The van der Waals surface area contributed by atoms with Crippen molar-refractivity contribution in [3.8, 4) is 5.75 Å². The van der Waals surface area contributed by atoms with Crippen molar-refractivity contribution in [3.05, 3.63) is 27.7 Å². The van der Waals surface area contributed by atoms with Crippen molar-refractivity contribution in [2.24, 2.45) is 5.73 Å². The number of hydrogen-bond donors (Lipinski definition) is 2. The maximum Gasteiger partial charge on any atom is 0.215 e. The Hall–Kier alpha value is -0.630. The lowest BCUT2D eigenvalue weighted by Gasteiger charge is -2.14. The third-order valence-corrected chi connectivity index (χ3v) is 5.41. The predicted octanol–water partition coefficient (Wildman–Crippen LogP) is 1.15. The maximum absolute atomic E-state index is 11.9. The second-order valence-corrected chi connectivity index (χ2v) is 7.66. The molecule has 1 atom stereocenters. The molecule has 0 saturated carbocycles. The average molecular weight is 349 g/mol. The molecule has 3 N–H and O–H groups in total. The fourth-order valence-corrected chi connectivity index (χ4v) is 3.37. The highest BCUT2D eigenvalue weighted by molar-refractivity contribution is 9.10. The van der Waals surface area contributed by atoms with Crippen molar-refractivity contribution in [3.63, 3.8) is 0 Å². The van der Waals surface area contributed by atoms with E-state index in [4.69, 9.17) is 10.5 Å². The zero-order chi connectivity index (χ0) is 14.0. The van der Waals surface area contributed by atoms with Crippen molar-refractivity contribution in [2.75, 3.05) is 13.2 Å². The fraction of sp³-hybridized carbons (Fsp3) is 0.500. The molecule has 1 heterocycles. The molecule has 0 saturated heterocycles. The summed E-state index contributed by atoms with van der Waals surface area (Å²) in [6.07, 6.45) is 0.855. The Labute approximate surface area is 121 Å². The highest BCUT2D eigenvalue weighted by Gasteiger charge is 2.21. The summed E-state index contributed by atoms with van der Waals surface area (Å²) in [6.45, 7) is 2.55.